The highest BCUT2D eigenvalue weighted by molar-refractivity contribution is 8.01. The molecular formula is C21H19N3O5S2. The minimum Gasteiger partial charge on any atom is -0.449 e. The van der Waals surface area contributed by atoms with Crippen molar-refractivity contribution in [2.24, 2.45) is 0 Å². The van der Waals surface area contributed by atoms with Gasteiger partial charge in [0.05, 0.1) is 15.4 Å². The van der Waals surface area contributed by atoms with Crippen LogP contribution in [0.5, 0.6) is 0 Å². The van der Waals surface area contributed by atoms with Crippen molar-refractivity contribution in [1.82, 2.24) is 4.98 Å². The molecule has 0 fully saturated rings. The third kappa shape index (κ3) is 5.68. The lowest BCUT2D eigenvalue weighted by Crippen LogP contribution is -2.30. The number of hydrogen-bond donors (Lipinski definition) is 1. The van der Waals surface area contributed by atoms with Crippen molar-refractivity contribution in [3.8, 4) is 0 Å². The molecule has 0 aliphatic heterocycles. The number of aryl methyl sites for hydroxylation is 2. The molecule has 0 saturated carbocycles. The van der Waals surface area contributed by atoms with E-state index in [2.05, 4.69) is 10.3 Å². The molecule has 0 bridgehead atoms. The van der Waals surface area contributed by atoms with Crippen LogP contribution >= 0.6 is 23.1 Å². The van der Waals surface area contributed by atoms with Gasteiger partial charge in [0.1, 0.15) is 0 Å². The standard InChI is InChI=1S/C21H19N3O5S2/c1-12-6-4-5-7-16(12)23-19(25)14(3)29-20(26)15-8-9-18(17(10-15)24(27)28)31-21-22-13(2)11-30-21/h4-11,14H,1-3H3,(H,23,25). The lowest BCUT2D eigenvalue weighted by molar-refractivity contribution is -0.387. The van der Waals surface area contributed by atoms with Crippen LogP contribution in [0.2, 0.25) is 0 Å². The summed E-state index contributed by atoms with van der Waals surface area (Å²) in [6, 6.07) is 11.3. The number of aromatic nitrogens is 1. The number of anilines is 1. The van der Waals surface area contributed by atoms with E-state index < -0.39 is 22.9 Å². The van der Waals surface area contributed by atoms with Gasteiger partial charge in [-0.1, -0.05) is 30.0 Å². The van der Waals surface area contributed by atoms with E-state index in [1.54, 1.807) is 12.1 Å². The molecule has 1 aromatic heterocycles. The molecule has 0 aliphatic rings. The molecule has 3 aromatic rings. The summed E-state index contributed by atoms with van der Waals surface area (Å²) >= 11 is 2.54. The van der Waals surface area contributed by atoms with Crippen molar-refractivity contribution in [2.45, 2.75) is 36.1 Å². The van der Waals surface area contributed by atoms with Crippen molar-refractivity contribution in [2.75, 3.05) is 5.32 Å². The van der Waals surface area contributed by atoms with Gasteiger partial charge in [0, 0.05) is 22.8 Å². The van der Waals surface area contributed by atoms with E-state index in [1.165, 1.54) is 30.4 Å². The monoisotopic (exact) mass is 457 g/mol. The molecule has 2 aromatic carbocycles. The normalized spacial score (nSPS) is 11.6. The smallest absolute Gasteiger partial charge is 0.339 e. The SMILES string of the molecule is Cc1csc(Sc2ccc(C(=O)OC(C)C(=O)Nc3ccccc3C)cc2[N+](=O)[O-])n1. The highest BCUT2D eigenvalue weighted by Gasteiger charge is 2.23. The summed E-state index contributed by atoms with van der Waals surface area (Å²) < 4.78 is 5.88. The van der Waals surface area contributed by atoms with Crippen LogP contribution in [0.4, 0.5) is 11.4 Å². The number of ether oxygens (including phenoxy) is 1. The summed E-state index contributed by atoms with van der Waals surface area (Å²) in [7, 11) is 0. The van der Waals surface area contributed by atoms with E-state index in [0.29, 0.717) is 14.9 Å². The molecule has 1 heterocycles. The van der Waals surface area contributed by atoms with Gasteiger partial charge in [0.25, 0.3) is 11.6 Å². The lowest BCUT2D eigenvalue weighted by atomic mass is 10.2. The van der Waals surface area contributed by atoms with Gasteiger partial charge in [0.15, 0.2) is 10.4 Å². The largest absolute Gasteiger partial charge is 0.449 e. The molecule has 160 valence electrons. The molecular weight excluding hydrogens is 438 g/mol. The Kier molecular flexibility index (Phi) is 7.03. The quantitative estimate of drug-likeness (QED) is 0.302. The Morgan fingerprint density at radius 1 is 1.23 bits per heavy atom. The molecule has 3 rings (SSSR count). The second-order valence-electron chi connectivity index (χ2n) is 6.65. The number of carbonyl (C=O) groups is 2. The number of benzene rings is 2. The van der Waals surface area contributed by atoms with Gasteiger partial charge in [-0.05, 0) is 44.5 Å². The topological polar surface area (TPSA) is 111 Å². The first kappa shape index (κ1) is 22.4. The van der Waals surface area contributed by atoms with E-state index in [9.17, 15) is 19.7 Å². The zero-order chi connectivity index (χ0) is 22.5. The molecule has 1 unspecified atom stereocenters. The number of esters is 1. The van der Waals surface area contributed by atoms with Gasteiger partial charge in [-0.25, -0.2) is 9.78 Å². The number of carbonyl (C=O) groups excluding carboxylic acids is 2. The van der Waals surface area contributed by atoms with Gasteiger partial charge in [0.2, 0.25) is 0 Å². The van der Waals surface area contributed by atoms with Gasteiger partial charge in [-0.3, -0.25) is 14.9 Å². The van der Waals surface area contributed by atoms with Crippen molar-refractivity contribution in [3.05, 3.63) is 74.8 Å². The number of para-hydroxylation sites is 1. The van der Waals surface area contributed by atoms with E-state index in [1.807, 2.05) is 31.4 Å². The third-order valence-electron chi connectivity index (χ3n) is 4.24. The molecule has 8 nitrogen and oxygen atoms in total. The summed E-state index contributed by atoms with van der Waals surface area (Å²) in [5.74, 6) is -1.32. The number of hydrogen-bond acceptors (Lipinski definition) is 8. The Balaban J connectivity index is 1.72. The second kappa shape index (κ2) is 9.71. The van der Waals surface area contributed by atoms with Crippen LogP contribution in [0.1, 0.15) is 28.5 Å². The maximum absolute atomic E-state index is 12.5. The van der Waals surface area contributed by atoms with Gasteiger partial charge in [-0.15, -0.1) is 11.3 Å². The number of nitrogens with one attached hydrogen (secondary N) is 1. The number of nitrogens with zero attached hydrogens (tertiary/aromatic N) is 2. The Labute approximate surface area is 186 Å². The van der Waals surface area contributed by atoms with Crippen LogP contribution in [-0.2, 0) is 9.53 Å². The van der Waals surface area contributed by atoms with Crippen LogP contribution in [0.15, 0.2) is 57.1 Å². The lowest BCUT2D eigenvalue weighted by Gasteiger charge is -2.15. The summed E-state index contributed by atoms with van der Waals surface area (Å²) in [6.07, 6.45) is -1.08. The molecule has 0 spiro atoms. The highest BCUT2D eigenvalue weighted by atomic mass is 32.2. The summed E-state index contributed by atoms with van der Waals surface area (Å²) in [5.41, 5.74) is 2.07. The van der Waals surface area contributed by atoms with E-state index in [4.69, 9.17) is 4.74 Å². The third-order valence-corrected chi connectivity index (χ3v) is 6.36. The van der Waals surface area contributed by atoms with Gasteiger partial charge >= 0.3 is 5.97 Å². The second-order valence-corrected chi connectivity index (χ2v) is 8.80. The zero-order valence-electron chi connectivity index (χ0n) is 16.9. The molecule has 1 amide bonds. The highest BCUT2D eigenvalue weighted by Crippen LogP contribution is 2.37. The van der Waals surface area contributed by atoms with E-state index in [-0.39, 0.29) is 11.3 Å². The first-order valence-corrected chi connectivity index (χ1v) is 10.9. The zero-order valence-corrected chi connectivity index (χ0v) is 18.6. The molecule has 31 heavy (non-hydrogen) atoms. The Hall–Kier alpha value is -3.24. The first-order valence-electron chi connectivity index (χ1n) is 9.20. The number of nitro groups is 1. The average molecular weight is 458 g/mol. The van der Waals surface area contributed by atoms with Crippen LogP contribution in [0, 0.1) is 24.0 Å². The molecule has 10 heteroatoms. The number of amides is 1. The van der Waals surface area contributed by atoms with Crippen LogP contribution in [-0.4, -0.2) is 27.9 Å². The van der Waals surface area contributed by atoms with Gasteiger partial charge < -0.3 is 10.1 Å². The van der Waals surface area contributed by atoms with E-state index >= 15 is 0 Å². The molecule has 0 radical (unpaired) electrons. The molecule has 1 atom stereocenters. The van der Waals surface area contributed by atoms with Crippen molar-refractivity contribution >= 4 is 46.3 Å². The van der Waals surface area contributed by atoms with Crippen molar-refractivity contribution in [1.29, 1.82) is 0 Å². The van der Waals surface area contributed by atoms with Crippen molar-refractivity contribution in [3.63, 3.8) is 0 Å². The fourth-order valence-corrected chi connectivity index (χ4v) is 4.46. The summed E-state index contributed by atoms with van der Waals surface area (Å²) in [6.45, 7) is 5.12. The fraction of sp³-hybridized carbons (Fsp3) is 0.190. The minimum absolute atomic E-state index is 0.0121. The maximum Gasteiger partial charge on any atom is 0.339 e. The average Bonchev–Trinajstić information content (AvgIpc) is 3.14. The summed E-state index contributed by atoms with van der Waals surface area (Å²) in [4.78, 5) is 40.4. The minimum atomic E-state index is -1.08. The van der Waals surface area contributed by atoms with Gasteiger partial charge in [-0.2, -0.15) is 0 Å². The maximum atomic E-state index is 12.5. The van der Waals surface area contributed by atoms with E-state index in [0.717, 1.165) is 29.1 Å². The number of rotatable bonds is 7. The van der Waals surface area contributed by atoms with Crippen molar-refractivity contribution < 1.29 is 19.2 Å². The first-order chi connectivity index (χ1) is 14.7. The van der Waals surface area contributed by atoms with Crippen LogP contribution in [0.25, 0.3) is 0 Å². The fourth-order valence-electron chi connectivity index (χ4n) is 2.58. The van der Waals surface area contributed by atoms with Crippen LogP contribution < -0.4 is 5.32 Å². The number of nitro benzene ring substituents is 1. The summed E-state index contributed by atoms with van der Waals surface area (Å²) in [5, 5.41) is 16.1. The molecule has 0 saturated heterocycles. The predicted octanol–water partition coefficient (Wildman–Crippen LogP) is 5.00. The van der Waals surface area contributed by atoms with Crippen LogP contribution in [0.3, 0.4) is 0 Å². The number of thiazole rings is 1. The molecule has 1 N–H and O–H groups in total. The Morgan fingerprint density at radius 3 is 2.61 bits per heavy atom. The molecule has 0 aliphatic carbocycles. The Morgan fingerprint density at radius 2 is 1.97 bits per heavy atom. The predicted molar refractivity (Wildman–Crippen MR) is 119 cm³/mol. The Bertz CT molecular complexity index is 1150.